The van der Waals surface area contributed by atoms with Crippen LogP contribution in [0.1, 0.15) is 24.5 Å². The second kappa shape index (κ2) is 10.0. The highest BCUT2D eigenvalue weighted by molar-refractivity contribution is 14.0. The molecule has 0 unspecified atom stereocenters. The second-order valence-corrected chi connectivity index (χ2v) is 5.87. The largest absolute Gasteiger partial charge is 0.357 e. The van der Waals surface area contributed by atoms with Gasteiger partial charge in [0.25, 0.3) is 0 Å². The van der Waals surface area contributed by atoms with Crippen molar-refractivity contribution in [3.8, 4) is 11.3 Å². The zero-order valence-electron chi connectivity index (χ0n) is 15.6. The van der Waals surface area contributed by atoms with Crippen molar-refractivity contribution in [2.24, 2.45) is 4.99 Å². The minimum atomic E-state index is 0. The van der Waals surface area contributed by atoms with Crippen LogP contribution in [0.15, 0.2) is 46.0 Å². The Balaban J connectivity index is 0.00000261. The summed E-state index contributed by atoms with van der Waals surface area (Å²) in [6.07, 6.45) is 1.85. The molecule has 27 heavy (non-hydrogen) atoms. The van der Waals surface area contributed by atoms with Gasteiger partial charge in [0.1, 0.15) is 12.4 Å². The zero-order chi connectivity index (χ0) is 18.4. The van der Waals surface area contributed by atoms with E-state index in [9.17, 15) is 0 Å². The number of nitrogens with zero attached hydrogens (tertiary/aromatic N) is 5. The molecule has 3 rings (SSSR count). The van der Waals surface area contributed by atoms with Crippen molar-refractivity contribution in [1.82, 2.24) is 30.3 Å². The van der Waals surface area contributed by atoms with Crippen molar-refractivity contribution in [2.75, 3.05) is 13.6 Å². The van der Waals surface area contributed by atoms with Crippen LogP contribution in [-0.4, -0.2) is 44.6 Å². The van der Waals surface area contributed by atoms with Gasteiger partial charge in [-0.05, 0) is 12.5 Å². The number of aromatic amines is 1. The molecule has 0 radical (unpaired) electrons. The van der Waals surface area contributed by atoms with E-state index in [-0.39, 0.29) is 24.0 Å². The number of aryl methyl sites for hydroxylation is 1. The maximum Gasteiger partial charge on any atom is 0.223 e. The van der Waals surface area contributed by atoms with Gasteiger partial charge in [0.05, 0.1) is 18.4 Å². The molecule has 0 aliphatic rings. The van der Waals surface area contributed by atoms with Crippen molar-refractivity contribution in [2.45, 2.75) is 26.9 Å². The fraction of sp³-hybridized carbons (Fsp3) is 0.333. The maximum atomic E-state index is 4.98. The van der Waals surface area contributed by atoms with Gasteiger partial charge >= 0.3 is 0 Å². The number of hydrogen-bond acceptors (Lipinski definition) is 5. The van der Waals surface area contributed by atoms with E-state index in [2.05, 4.69) is 42.6 Å². The lowest BCUT2D eigenvalue weighted by Crippen LogP contribution is -2.38. The molecule has 0 aliphatic carbocycles. The number of benzene rings is 1. The third-order valence-electron chi connectivity index (χ3n) is 3.74. The van der Waals surface area contributed by atoms with Gasteiger partial charge in [-0.15, -0.1) is 24.0 Å². The van der Waals surface area contributed by atoms with Crippen molar-refractivity contribution in [1.29, 1.82) is 0 Å². The minimum Gasteiger partial charge on any atom is -0.357 e. The third-order valence-corrected chi connectivity index (χ3v) is 3.74. The molecule has 1 aromatic carbocycles. The first-order valence-electron chi connectivity index (χ1n) is 8.53. The summed E-state index contributed by atoms with van der Waals surface area (Å²) in [4.78, 5) is 18.6. The maximum absolute atomic E-state index is 4.98. The molecule has 9 heteroatoms. The van der Waals surface area contributed by atoms with E-state index in [1.165, 1.54) is 0 Å². The summed E-state index contributed by atoms with van der Waals surface area (Å²) in [7, 11) is 1.97. The first kappa shape index (κ1) is 20.9. The SMILES string of the molecule is CCNC(=NCc1noc(C)n1)N(C)Cc1ncc(-c2ccccc2)[nH]1.I. The Morgan fingerprint density at radius 2 is 2.07 bits per heavy atom. The first-order chi connectivity index (χ1) is 12.7. The predicted molar refractivity (Wildman–Crippen MR) is 115 cm³/mol. The van der Waals surface area contributed by atoms with Gasteiger partial charge in [-0.25, -0.2) is 9.98 Å². The Bertz CT molecular complexity index is 859. The van der Waals surface area contributed by atoms with Crippen molar-refractivity contribution < 1.29 is 4.52 Å². The lowest BCUT2D eigenvalue weighted by Gasteiger charge is -2.20. The summed E-state index contributed by atoms with van der Waals surface area (Å²) in [5, 5.41) is 7.14. The lowest BCUT2D eigenvalue weighted by molar-refractivity contribution is 0.387. The van der Waals surface area contributed by atoms with Crippen LogP contribution in [0.5, 0.6) is 0 Å². The predicted octanol–water partition coefficient (Wildman–Crippen LogP) is 2.98. The normalized spacial score (nSPS) is 11.1. The molecular formula is C18H24IN7O. The summed E-state index contributed by atoms with van der Waals surface area (Å²) in [6.45, 7) is 5.52. The number of H-pyrrole nitrogens is 1. The molecule has 0 amide bonds. The summed E-state index contributed by atoms with van der Waals surface area (Å²) in [5.74, 6) is 2.73. The highest BCUT2D eigenvalue weighted by Crippen LogP contribution is 2.16. The molecule has 0 atom stereocenters. The molecule has 2 N–H and O–H groups in total. The van der Waals surface area contributed by atoms with Crippen molar-refractivity contribution in [3.63, 3.8) is 0 Å². The van der Waals surface area contributed by atoms with Gasteiger partial charge < -0.3 is 19.7 Å². The van der Waals surface area contributed by atoms with Gasteiger partial charge in [-0.2, -0.15) is 4.98 Å². The highest BCUT2D eigenvalue weighted by Gasteiger charge is 2.10. The molecule has 0 bridgehead atoms. The second-order valence-electron chi connectivity index (χ2n) is 5.87. The number of rotatable bonds is 6. The van der Waals surface area contributed by atoms with Gasteiger partial charge in [-0.3, -0.25) is 0 Å². The number of aliphatic imine (C=N–C) groups is 1. The van der Waals surface area contributed by atoms with Gasteiger partial charge in [0.2, 0.25) is 5.89 Å². The topological polar surface area (TPSA) is 95.2 Å². The minimum absolute atomic E-state index is 0. The fourth-order valence-electron chi connectivity index (χ4n) is 2.53. The highest BCUT2D eigenvalue weighted by atomic mass is 127. The lowest BCUT2D eigenvalue weighted by atomic mass is 10.2. The molecule has 0 fully saturated rings. The van der Waals surface area contributed by atoms with Crippen molar-refractivity contribution in [3.05, 3.63) is 54.1 Å². The Morgan fingerprint density at radius 1 is 1.30 bits per heavy atom. The number of imidazole rings is 1. The quantitative estimate of drug-likeness (QED) is 0.320. The summed E-state index contributed by atoms with van der Waals surface area (Å²) in [6, 6.07) is 10.1. The van der Waals surface area contributed by atoms with Crippen molar-refractivity contribution >= 4 is 29.9 Å². The smallest absolute Gasteiger partial charge is 0.223 e. The third kappa shape index (κ3) is 5.78. The molecule has 0 saturated carbocycles. The average molecular weight is 481 g/mol. The molecule has 0 aliphatic heterocycles. The van der Waals surface area contributed by atoms with E-state index in [0.717, 1.165) is 29.6 Å². The van der Waals surface area contributed by atoms with Crippen LogP contribution in [0.3, 0.4) is 0 Å². The number of halogens is 1. The van der Waals surface area contributed by atoms with Crippen LogP contribution in [0, 0.1) is 6.92 Å². The molecule has 144 valence electrons. The van der Waals surface area contributed by atoms with Crippen LogP contribution in [0.25, 0.3) is 11.3 Å². The van der Waals surface area contributed by atoms with E-state index in [0.29, 0.717) is 24.8 Å². The standard InChI is InChI=1S/C18H23N7O.HI/c1-4-19-18(21-11-16-22-13(2)26-24-16)25(3)12-17-20-10-15(23-17)14-8-6-5-7-9-14;/h5-10H,4,11-12H2,1-3H3,(H,19,21)(H,20,23);1H. The fourth-order valence-corrected chi connectivity index (χ4v) is 2.53. The van der Waals surface area contributed by atoms with Crippen LogP contribution >= 0.6 is 24.0 Å². The van der Waals surface area contributed by atoms with Crippen LogP contribution < -0.4 is 5.32 Å². The Kier molecular flexibility index (Phi) is 7.77. The molecule has 2 aromatic heterocycles. The van der Waals surface area contributed by atoms with Crippen LogP contribution in [0.4, 0.5) is 0 Å². The Morgan fingerprint density at radius 3 is 2.74 bits per heavy atom. The Labute approximate surface area is 175 Å². The summed E-state index contributed by atoms with van der Waals surface area (Å²) < 4.78 is 4.98. The molecule has 0 saturated heterocycles. The molecule has 3 aromatic rings. The number of guanidine groups is 1. The number of nitrogens with one attached hydrogen (secondary N) is 2. The number of hydrogen-bond donors (Lipinski definition) is 2. The Hall–Kier alpha value is -2.43. The van der Waals surface area contributed by atoms with Crippen LogP contribution in [-0.2, 0) is 13.1 Å². The zero-order valence-corrected chi connectivity index (χ0v) is 18.0. The molecule has 2 heterocycles. The summed E-state index contributed by atoms with van der Waals surface area (Å²) in [5.41, 5.74) is 2.11. The van der Waals surface area contributed by atoms with E-state index in [1.807, 2.05) is 43.3 Å². The van der Waals surface area contributed by atoms with Gasteiger partial charge in [0, 0.05) is 20.5 Å². The average Bonchev–Trinajstić information content (AvgIpc) is 3.28. The van der Waals surface area contributed by atoms with E-state index >= 15 is 0 Å². The van der Waals surface area contributed by atoms with Crippen LogP contribution in [0.2, 0.25) is 0 Å². The molecule has 8 nitrogen and oxygen atoms in total. The van der Waals surface area contributed by atoms with E-state index in [4.69, 9.17) is 4.52 Å². The van der Waals surface area contributed by atoms with E-state index < -0.39 is 0 Å². The summed E-state index contributed by atoms with van der Waals surface area (Å²) >= 11 is 0. The first-order valence-corrected chi connectivity index (χ1v) is 8.53. The van der Waals surface area contributed by atoms with Gasteiger partial charge in [-0.1, -0.05) is 35.5 Å². The molecular weight excluding hydrogens is 457 g/mol. The van der Waals surface area contributed by atoms with E-state index in [1.54, 1.807) is 6.92 Å². The monoisotopic (exact) mass is 481 g/mol. The van der Waals surface area contributed by atoms with Gasteiger partial charge in [0.15, 0.2) is 11.8 Å². The molecule has 0 spiro atoms. The number of aromatic nitrogens is 4.